The van der Waals surface area contributed by atoms with Crippen LogP contribution in [0.5, 0.6) is 17.2 Å². The first-order valence-electron chi connectivity index (χ1n) is 6.13. The SMILES string of the molecule is COc1cc(C(C)=O)cc(-c2ccc(O)cc2)c1OC. The fourth-order valence-electron chi connectivity index (χ4n) is 2.02. The van der Waals surface area contributed by atoms with Crippen LogP contribution in [0.15, 0.2) is 36.4 Å². The van der Waals surface area contributed by atoms with E-state index in [0.717, 1.165) is 11.1 Å². The number of rotatable bonds is 4. The third-order valence-corrected chi connectivity index (χ3v) is 3.06. The number of methoxy groups -OCH3 is 2. The van der Waals surface area contributed by atoms with Crippen LogP contribution in [0.25, 0.3) is 11.1 Å². The molecule has 0 fully saturated rings. The van der Waals surface area contributed by atoms with Crippen LogP contribution in [0.3, 0.4) is 0 Å². The van der Waals surface area contributed by atoms with Crippen LogP contribution in [0, 0.1) is 0 Å². The maximum Gasteiger partial charge on any atom is 0.168 e. The van der Waals surface area contributed by atoms with Gasteiger partial charge in [-0.15, -0.1) is 0 Å². The highest BCUT2D eigenvalue weighted by Crippen LogP contribution is 2.39. The topological polar surface area (TPSA) is 55.8 Å². The van der Waals surface area contributed by atoms with Crippen LogP contribution in [0.4, 0.5) is 0 Å². The lowest BCUT2D eigenvalue weighted by Gasteiger charge is -2.14. The lowest BCUT2D eigenvalue weighted by molar-refractivity contribution is 0.101. The fourth-order valence-corrected chi connectivity index (χ4v) is 2.02. The number of Topliss-reactive ketones (excluding diaryl/α,β-unsaturated/α-hetero) is 1. The molecule has 2 rings (SSSR count). The minimum atomic E-state index is -0.0500. The van der Waals surface area contributed by atoms with Gasteiger partial charge in [-0.3, -0.25) is 4.79 Å². The van der Waals surface area contributed by atoms with Crippen molar-refractivity contribution in [3.8, 4) is 28.4 Å². The van der Waals surface area contributed by atoms with Gasteiger partial charge in [-0.1, -0.05) is 12.1 Å². The maximum absolute atomic E-state index is 11.6. The fraction of sp³-hybridized carbons (Fsp3) is 0.188. The molecule has 0 bridgehead atoms. The lowest BCUT2D eigenvalue weighted by atomic mass is 9.99. The van der Waals surface area contributed by atoms with E-state index in [1.165, 1.54) is 14.0 Å². The van der Waals surface area contributed by atoms with Gasteiger partial charge >= 0.3 is 0 Å². The van der Waals surface area contributed by atoms with Crippen molar-refractivity contribution in [1.82, 2.24) is 0 Å². The number of carbonyl (C=O) groups is 1. The van der Waals surface area contributed by atoms with E-state index in [9.17, 15) is 9.90 Å². The number of ether oxygens (including phenoxy) is 2. The Kier molecular flexibility index (Phi) is 3.94. The van der Waals surface area contributed by atoms with Crippen LogP contribution in [-0.4, -0.2) is 25.1 Å². The molecule has 0 amide bonds. The second-order valence-corrected chi connectivity index (χ2v) is 4.36. The Balaban J connectivity index is 2.68. The molecule has 2 aromatic carbocycles. The summed E-state index contributed by atoms with van der Waals surface area (Å²) in [7, 11) is 3.08. The Labute approximate surface area is 117 Å². The van der Waals surface area contributed by atoms with E-state index in [4.69, 9.17) is 9.47 Å². The number of carbonyl (C=O) groups excluding carboxylic acids is 1. The highest BCUT2D eigenvalue weighted by molar-refractivity contribution is 5.97. The van der Waals surface area contributed by atoms with E-state index >= 15 is 0 Å². The molecule has 0 radical (unpaired) electrons. The van der Waals surface area contributed by atoms with Crippen molar-refractivity contribution < 1.29 is 19.4 Å². The predicted octanol–water partition coefficient (Wildman–Crippen LogP) is 3.28. The van der Waals surface area contributed by atoms with Gasteiger partial charge in [0.05, 0.1) is 14.2 Å². The highest BCUT2D eigenvalue weighted by Gasteiger charge is 2.15. The molecular formula is C16H16O4. The Morgan fingerprint density at radius 3 is 2.20 bits per heavy atom. The standard InChI is InChI=1S/C16H16O4/c1-10(17)12-8-14(11-4-6-13(18)7-5-11)16(20-3)15(9-12)19-2/h4-9,18H,1-3H3. The maximum atomic E-state index is 11.6. The molecule has 0 saturated carbocycles. The second-order valence-electron chi connectivity index (χ2n) is 4.36. The predicted molar refractivity (Wildman–Crippen MR) is 76.7 cm³/mol. The number of phenols is 1. The van der Waals surface area contributed by atoms with Gasteiger partial charge in [-0.25, -0.2) is 0 Å². The van der Waals surface area contributed by atoms with Crippen molar-refractivity contribution >= 4 is 5.78 Å². The zero-order valence-corrected chi connectivity index (χ0v) is 11.6. The number of aromatic hydroxyl groups is 1. The van der Waals surface area contributed by atoms with Crippen LogP contribution in [0.2, 0.25) is 0 Å². The number of benzene rings is 2. The van der Waals surface area contributed by atoms with Gasteiger partial charge in [0, 0.05) is 11.1 Å². The normalized spacial score (nSPS) is 10.2. The second kappa shape index (κ2) is 5.65. The molecule has 0 saturated heterocycles. The summed E-state index contributed by atoms with van der Waals surface area (Å²) in [5.41, 5.74) is 2.13. The van der Waals surface area contributed by atoms with Crippen molar-refractivity contribution in [3.63, 3.8) is 0 Å². The average Bonchev–Trinajstić information content (AvgIpc) is 2.46. The molecule has 20 heavy (non-hydrogen) atoms. The molecule has 0 aliphatic rings. The van der Waals surface area contributed by atoms with Gasteiger partial charge in [-0.2, -0.15) is 0 Å². The molecule has 0 spiro atoms. The minimum Gasteiger partial charge on any atom is -0.508 e. The zero-order valence-electron chi connectivity index (χ0n) is 11.6. The van der Waals surface area contributed by atoms with E-state index in [2.05, 4.69) is 0 Å². The summed E-state index contributed by atoms with van der Waals surface area (Å²) < 4.78 is 10.7. The van der Waals surface area contributed by atoms with Crippen LogP contribution in [0.1, 0.15) is 17.3 Å². The first kappa shape index (κ1) is 13.9. The number of phenolic OH excluding ortho intramolecular Hbond substituents is 1. The summed E-state index contributed by atoms with van der Waals surface area (Å²) in [5, 5.41) is 9.36. The molecule has 0 atom stereocenters. The Morgan fingerprint density at radius 2 is 1.70 bits per heavy atom. The molecular weight excluding hydrogens is 256 g/mol. The first-order valence-corrected chi connectivity index (χ1v) is 6.13. The van der Waals surface area contributed by atoms with Crippen molar-refractivity contribution in [1.29, 1.82) is 0 Å². The van der Waals surface area contributed by atoms with E-state index in [1.54, 1.807) is 43.5 Å². The minimum absolute atomic E-state index is 0.0500. The largest absolute Gasteiger partial charge is 0.508 e. The summed E-state index contributed by atoms with van der Waals surface area (Å²) >= 11 is 0. The van der Waals surface area contributed by atoms with E-state index in [1.807, 2.05) is 0 Å². The van der Waals surface area contributed by atoms with Gasteiger partial charge in [0.25, 0.3) is 0 Å². The van der Waals surface area contributed by atoms with Crippen LogP contribution >= 0.6 is 0 Å². The van der Waals surface area contributed by atoms with Gasteiger partial charge in [-0.05, 0) is 36.8 Å². The van der Waals surface area contributed by atoms with E-state index < -0.39 is 0 Å². The quantitative estimate of drug-likeness (QED) is 0.868. The van der Waals surface area contributed by atoms with Crippen molar-refractivity contribution in [2.24, 2.45) is 0 Å². The van der Waals surface area contributed by atoms with Gasteiger partial charge < -0.3 is 14.6 Å². The molecule has 0 unspecified atom stereocenters. The monoisotopic (exact) mass is 272 g/mol. The molecule has 1 N–H and O–H groups in total. The summed E-state index contributed by atoms with van der Waals surface area (Å²) in [5.74, 6) is 1.19. The van der Waals surface area contributed by atoms with Crippen LogP contribution in [-0.2, 0) is 0 Å². The lowest BCUT2D eigenvalue weighted by Crippen LogP contribution is -1.99. The molecule has 104 valence electrons. The van der Waals surface area contributed by atoms with Crippen molar-refractivity contribution in [3.05, 3.63) is 42.0 Å². The molecule has 0 aliphatic carbocycles. The van der Waals surface area contributed by atoms with Gasteiger partial charge in [0.15, 0.2) is 17.3 Å². The summed E-state index contributed by atoms with van der Waals surface area (Å²) in [6.45, 7) is 1.50. The van der Waals surface area contributed by atoms with Crippen molar-refractivity contribution in [2.75, 3.05) is 14.2 Å². The number of hydrogen-bond acceptors (Lipinski definition) is 4. The summed E-state index contributed by atoms with van der Waals surface area (Å²) in [6, 6.07) is 10.1. The first-order chi connectivity index (χ1) is 9.56. The molecule has 0 heterocycles. The Hall–Kier alpha value is -2.49. The Bertz CT molecular complexity index is 630. The smallest absolute Gasteiger partial charge is 0.168 e. The van der Waals surface area contributed by atoms with E-state index in [0.29, 0.717) is 17.1 Å². The van der Waals surface area contributed by atoms with Crippen LogP contribution < -0.4 is 9.47 Å². The molecule has 2 aromatic rings. The van der Waals surface area contributed by atoms with E-state index in [-0.39, 0.29) is 11.5 Å². The molecule has 4 nitrogen and oxygen atoms in total. The van der Waals surface area contributed by atoms with Gasteiger partial charge in [0.2, 0.25) is 0 Å². The van der Waals surface area contributed by atoms with Gasteiger partial charge in [0.1, 0.15) is 5.75 Å². The average molecular weight is 272 g/mol. The number of hydrogen-bond donors (Lipinski definition) is 1. The van der Waals surface area contributed by atoms with Crippen molar-refractivity contribution in [2.45, 2.75) is 6.92 Å². The summed E-state index contributed by atoms with van der Waals surface area (Å²) in [4.78, 5) is 11.6. The number of ketones is 1. The summed E-state index contributed by atoms with van der Waals surface area (Å²) in [6.07, 6.45) is 0. The Morgan fingerprint density at radius 1 is 1.05 bits per heavy atom. The highest BCUT2D eigenvalue weighted by atomic mass is 16.5. The third kappa shape index (κ3) is 2.59. The zero-order chi connectivity index (χ0) is 14.7. The molecule has 0 aliphatic heterocycles. The third-order valence-electron chi connectivity index (χ3n) is 3.06. The molecule has 4 heteroatoms. The molecule has 0 aromatic heterocycles.